The molecule has 0 spiro atoms. The van der Waals surface area contributed by atoms with Gasteiger partial charge in [-0.2, -0.15) is 0 Å². The monoisotopic (exact) mass is 255 g/mol. The number of aryl methyl sites for hydroxylation is 2. The van der Waals surface area contributed by atoms with Gasteiger partial charge in [0.2, 0.25) is 0 Å². The predicted molar refractivity (Wildman–Crippen MR) is 73.1 cm³/mol. The summed E-state index contributed by atoms with van der Waals surface area (Å²) in [6.07, 6.45) is 7.66. The van der Waals surface area contributed by atoms with E-state index in [4.69, 9.17) is 0 Å². The highest BCUT2D eigenvalue weighted by molar-refractivity contribution is 5.94. The van der Waals surface area contributed by atoms with Crippen molar-refractivity contribution in [1.29, 1.82) is 0 Å². The van der Waals surface area contributed by atoms with Crippen molar-refractivity contribution in [2.45, 2.75) is 25.7 Å². The summed E-state index contributed by atoms with van der Waals surface area (Å²) < 4.78 is 0. The van der Waals surface area contributed by atoms with Crippen LogP contribution in [0, 0.1) is 0 Å². The molecular weight excluding hydrogens is 238 g/mol. The maximum absolute atomic E-state index is 12.0. The largest absolute Gasteiger partial charge is 0.352 e. The van der Waals surface area contributed by atoms with E-state index in [2.05, 4.69) is 21.4 Å². The molecule has 0 saturated carbocycles. The number of hydrogen-bond donors (Lipinski definition) is 2. The first-order valence-electron chi connectivity index (χ1n) is 6.70. The van der Waals surface area contributed by atoms with E-state index in [1.807, 2.05) is 12.1 Å². The Balaban J connectivity index is 1.58. The average molecular weight is 255 g/mol. The van der Waals surface area contributed by atoms with Gasteiger partial charge in [-0.3, -0.25) is 4.79 Å². The van der Waals surface area contributed by atoms with Crippen molar-refractivity contribution in [3.63, 3.8) is 0 Å². The number of nitrogens with one attached hydrogen (secondary N) is 2. The van der Waals surface area contributed by atoms with Gasteiger partial charge >= 0.3 is 0 Å². The molecule has 1 aliphatic rings. The average Bonchev–Trinajstić information content (AvgIpc) is 3.08. The zero-order chi connectivity index (χ0) is 13.1. The Morgan fingerprint density at radius 2 is 2.21 bits per heavy atom. The molecule has 1 aliphatic carbocycles. The van der Waals surface area contributed by atoms with Crippen LogP contribution in [-0.2, 0) is 19.3 Å². The summed E-state index contributed by atoms with van der Waals surface area (Å²) in [4.78, 5) is 19.0. The van der Waals surface area contributed by atoms with Crippen LogP contribution >= 0.6 is 0 Å². The smallest absolute Gasteiger partial charge is 0.251 e. The number of benzene rings is 1. The van der Waals surface area contributed by atoms with Gasteiger partial charge in [-0.15, -0.1) is 0 Å². The van der Waals surface area contributed by atoms with Gasteiger partial charge in [0.1, 0.15) is 0 Å². The fraction of sp³-hybridized carbons (Fsp3) is 0.333. The molecule has 1 aromatic heterocycles. The summed E-state index contributed by atoms with van der Waals surface area (Å²) in [6.45, 7) is 0.623. The highest BCUT2D eigenvalue weighted by Crippen LogP contribution is 2.22. The van der Waals surface area contributed by atoms with Crippen LogP contribution in [0.5, 0.6) is 0 Å². The first-order chi connectivity index (χ1) is 9.33. The number of nitrogens with zero attached hydrogens (tertiary/aromatic N) is 1. The van der Waals surface area contributed by atoms with E-state index < -0.39 is 0 Å². The second-order valence-electron chi connectivity index (χ2n) is 4.92. The van der Waals surface area contributed by atoms with Gasteiger partial charge in [0.25, 0.3) is 5.91 Å². The Labute approximate surface area is 112 Å². The fourth-order valence-corrected chi connectivity index (χ4v) is 2.55. The van der Waals surface area contributed by atoms with Gasteiger partial charge in [0, 0.05) is 30.4 Å². The molecule has 2 N–H and O–H groups in total. The van der Waals surface area contributed by atoms with Crippen LogP contribution in [0.25, 0.3) is 0 Å². The number of rotatable bonds is 4. The molecule has 0 saturated heterocycles. The van der Waals surface area contributed by atoms with Crippen molar-refractivity contribution >= 4 is 5.91 Å². The summed E-state index contributed by atoms with van der Waals surface area (Å²) in [7, 11) is 0. The minimum atomic E-state index is 0.00853. The molecule has 0 radical (unpaired) electrons. The quantitative estimate of drug-likeness (QED) is 0.876. The van der Waals surface area contributed by atoms with Crippen LogP contribution < -0.4 is 5.32 Å². The summed E-state index contributed by atoms with van der Waals surface area (Å²) in [5, 5.41) is 2.94. The maximum atomic E-state index is 12.0. The third kappa shape index (κ3) is 2.67. The van der Waals surface area contributed by atoms with Crippen molar-refractivity contribution in [1.82, 2.24) is 15.3 Å². The summed E-state index contributed by atoms with van der Waals surface area (Å²) in [5.74, 6) is 0.00853. The molecule has 2 aromatic rings. The van der Waals surface area contributed by atoms with Crippen LogP contribution in [0.2, 0.25) is 0 Å². The van der Waals surface area contributed by atoms with Crippen LogP contribution in [0.15, 0.2) is 30.7 Å². The number of amides is 1. The lowest BCUT2D eigenvalue weighted by atomic mass is 10.1. The minimum Gasteiger partial charge on any atom is -0.352 e. The normalized spacial score (nSPS) is 13.3. The maximum Gasteiger partial charge on any atom is 0.251 e. The lowest BCUT2D eigenvalue weighted by Gasteiger charge is -2.06. The van der Waals surface area contributed by atoms with Crippen LogP contribution in [0.1, 0.15) is 33.6 Å². The molecule has 98 valence electrons. The molecule has 1 amide bonds. The van der Waals surface area contributed by atoms with Gasteiger partial charge in [0.15, 0.2) is 0 Å². The van der Waals surface area contributed by atoms with E-state index in [9.17, 15) is 4.79 Å². The summed E-state index contributed by atoms with van der Waals surface area (Å²) >= 11 is 0. The molecule has 0 fully saturated rings. The van der Waals surface area contributed by atoms with Gasteiger partial charge in [-0.25, -0.2) is 4.98 Å². The Hall–Kier alpha value is -2.10. The Morgan fingerprint density at radius 3 is 3.05 bits per heavy atom. The van der Waals surface area contributed by atoms with Crippen molar-refractivity contribution in [3.05, 3.63) is 53.1 Å². The number of imidazole rings is 1. The molecule has 19 heavy (non-hydrogen) atoms. The van der Waals surface area contributed by atoms with Gasteiger partial charge < -0.3 is 10.3 Å². The Kier molecular flexibility index (Phi) is 3.31. The predicted octanol–water partition coefficient (Wildman–Crippen LogP) is 1.87. The molecule has 0 unspecified atom stereocenters. The third-order valence-electron chi connectivity index (χ3n) is 3.60. The molecule has 0 atom stereocenters. The molecule has 4 heteroatoms. The summed E-state index contributed by atoms with van der Waals surface area (Å²) in [6, 6.07) is 6.05. The zero-order valence-electron chi connectivity index (χ0n) is 10.8. The lowest BCUT2D eigenvalue weighted by molar-refractivity contribution is 0.0954. The van der Waals surface area contributed by atoms with E-state index in [1.54, 1.807) is 12.5 Å². The molecule has 1 aromatic carbocycles. The first kappa shape index (κ1) is 12.0. The number of fused-ring (bicyclic) bond motifs is 1. The standard InChI is InChI=1S/C15H17N3O/c19-15(17-7-6-14-9-16-10-18-14)13-5-4-11-2-1-3-12(11)8-13/h4-5,8-10H,1-3,6-7H2,(H,16,18)(H,17,19). The third-order valence-corrected chi connectivity index (χ3v) is 3.60. The van der Waals surface area contributed by atoms with Gasteiger partial charge in [-0.05, 0) is 42.5 Å². The van der Waals surface area contributed by atoms with E-state index in [1.165, 1.54) is 17.5 Å². The van der Waals surface area contributed by atoms with Gasteiger partial charge in [0.05, 0.1) is 6.33 Å². The van der Waals surface area contributed by atoms with Crippen LogP contribution in [-0.4, -0.2) is 22.4 Å². The molecule has 0 aliphatic heterocycles. The van der Waals surface area contributed by atoms with Crippen LogP contribution in [0.4, 0.5) is 0 Å². The topological polar surface area (TPSA) is 57.8 Å². The van der Waals surface area contributed by atoms with Crippen molar-refractivity contribution in [3.8, 4) is 0 Å². The SMILES string of the molecule is O=C(NCCc1cnc[nH]1)c1ccc2c(c1)CCC2. The lowest BCUT2D eigenvalue weighted by Crippen LogP contribution is -2.25. The van der Waals surface area contributed by atoms with Crippen molar-refractivity contribution in [2.75, 3.05) is 6.54 Å². The highest BCUT2D eigenvalue weighted by atomic mass is 16.1. The van der Waals surface area contributed by atoms with Crippen molar-refractivity contribution < 1.29 is 4.79 Å². The number of carbonyl (C=O) groups is 1. The van der Waals surface area contributed by atoms with E-state index in [-0.39, 0.29) is 5.91 Å². The number of H-pyrrole nitrogens is 1. The number of carbonyl (C=O) groups excluding carboxylic acids is 1. The highest BCUT2D eigenvalue weighted by Gasteiger charge is 2.13. The second kappa shape index (κ2) is 5.26. The molecule has 4 nitrogen and oxygen atoms in total. The van der Waals surface area contributed by atoms with E-state index in [0.717, 1.165) is 30.5 Å². The Bertz CT molecular complexity index is 575. The fourth-order valence-electron chi connectivity index (χ4n) is 2.55. The van der Waals surface area contributed by atoms with Gasteiger partial charge in [-0.1, -0.05) is 6.07 Å². The zero-order valence-corrected chi connectivity index (χ0v) is 10.8. The number of aromatic nitrogens is 2. The minimum absolute atomic E-state index is 0.00853. The number of hydrogen-bond acceptors (Lipinski definition) is 2. The molecular formula is C15H17N3O. The first-order valence-corrected chi connectivity index (χ1v) is 6.70. The van der Waals surface area contributed by atoms with Crippen molar-refractivity contribution in [2.24, 2.45) is 0 Å². The van der Waals surface area contributed by atoms with Crippen LogP contribution in [0.3, 0.4) is 0 Å². The Morgan fingerprint density at radius 1 is 1.32 bits per heavy atom. The second-order valence-corrected chi connectivity index (χ2v) is 4.92. The summed E-state index contributed by atoms with van der Waals surface area (Å²) in [5.41, 5.74) is 4.54. The van der Waals surface area contributed by atoms with E-state index in [0.29, 0.717) is 6.54 Å². The molecule has 3 rings (SSSR count). The molecule has 1 heterocycles. The van der Waals surface area contributed by atoms with E-state index >= 15 is 0 Å². The number of aromatic amines is 1. The molecule has 0 bridgehead atoms.